The summed E-state index contributed by atoms with van der Waals surface area (Å²) < 4.78 is 35.4. The van der Waals surface area contributed by atoms with E-state index in [0.29, 0.717) is 0 Å². The Morgan fingerprint density at radius 1 is 1.44 bits per heavy atom. The fourth-order valence-corrected chi connectivity index (χ4v) is 2.02. The van der Waals surface area contributed by atoms with Gasteiger partial charge in [0.05, 0.1) is 10.7 Å². The molecule has 0 atom stereocenters. The van der Waals surface area contributed by atoms with Gasteiger partial charge in [0.15, 0.2) is 0 Å². The number of halogens is 1. The largest absolute Gasteiger partial charge is 0.368 e. The first-order valence-electron chi connectivity index (χ1n) is 5.04. The number of nitro groups is 1. The van der Waals surface area contributed by atoms with Crippen molar-refractivity contribution in [2.24, 2.45) is 0 Å². The Morgan fingerprint density at radius 3 is 2.56 bits per heavy atom. The number of rotatable bonds is 5. The lowest BCUT2D eigenvalue weighted by atomic mass is 10.2. The second-order valence-corrected chi connectivity index (χ2v) is 6.18. The highest BCUT2D eigenvalue weighted by atomic mass is 32.2. The Hall–Kier alpha value is -1.70. The summed E-state index contributed by atoms with van der Waals surface area (Å²) in [5, 5.41) is 10.8. The molecule has 0 spiro atoms. The van der Waals surface area contributed by atoms with Gasteiger partial charge in [0.25, 0.3) is 0 Å². The zero-order valence-electron chi connectivity index (χ0n) is 9.96. The molecular weight excluding hydrogens is 263 g/mol. The number of hydrogen-bond donors (Lipinski definition) is 0. The summed E-state index contributed by atoms with van der Waals surface area (Å²) in [7, 11) is -1.70. The first-order valence-corrected chi connectivity index (χ1v) is 7.10. The van der Waals surface area contributed by atoms with Gasteiger partial charge in [0.2, 0.25) is 5.82 Å². The first-order chi connectivity index (χ1) is 8.22. The number of nitrogens with zero attached hydrogens (tertiary/aromatic N) is 2. The van der Waals surface area contributed by atoms with E-state index in [1.54, 1.807) is 0 Å². The third kappa shape index (κ3) is 3.66. The molecule has 1 rings (SSSR count). The predicted octanol–water partition coefficient (Wildman–Crippen LogP) is 1.21. The minimum atomic E-state index is -3.18. The van der Waals surface area contributed by atoms with Crippen molar-refractivity contribution >= 4 is 21.2 Å². The van der Waals surface area contributed by atoms with Crippen LogP contribution in [0.2, 0.25) is 0 Å². The van der Waals surface area contributed by atoms with E-state index in [-0.39, 0.29) is 18.0 Å². The van der Waals surface area contributed by atoms with Gasteiger partial charge >= 0.3 is 5.69 Å². The quantitative estimate of drug-likeness (QED) is 0.596. The van der Waals surface area contributed by atoms with Crippen LogP contribution >= 0.6 is 0 Å². The number of nitro benzene ring substituents is 1. The van der Waals surface area contributed by atoms with E-state index in [1.807, 2.05) is 0 Å². The second-order valence-electron chi connectivity index (χ2n) is 3.92. The Labute approximate surface area is 104 Å². The van der Waals surface area contributed by atoms with Gasteiger partial charge in [-0.15, -0.1) is 0 Å². The van der Waals surface area contributed by atoms with Crippen molar-refractivity contribution in [3.63, 3.8) is 0 Å². The summed E-state index contributed by atoms with van der Waals surface area (Å²) in [5.41, 5.74) is -0.586. The molecule has 0 saturated carbocycles. The van der Waals surface area contributed by atoms with Crippen molar-refractivity contribution in [1.82, 2.24) is 0 Å². The first kappa shape index (κ1) is 14.4. The molecule has 1 aromatic carbocycles. The fraction of sp³-hybridized carbons (Fsp3) is 0.400. The van der Waals surface area contributed by atoms with Crippen molar-refractivity contribution in [2.45, 2.75) is 0 Å². The molecule has 8 heteroatoms. The predicted molar refractivity (Wildman–Crippen MR) is 66.0 cm³/mol. The van der Waals surface area contributed by atoms with Gasteiger partial charge in [-0.05, 0) is 12.1 Å². The summed E-state index contributed by atoms with van der Waals surface area (Å²) in [4.78, 5) is 11.3. The monoisotopic (exact) mass is 276 g/mol. The van der Waals surface area contributed by atoms with Crippen LogP contribution in [0.25, 0.3) is 0 Å². The van der Waals surface area contributed by atoms with Crippen LogP contribution in [0.1, 0.15) is 0 Å². The number of benzene rings is 1. The standard InChI is InChI=1S/C10H13FN2O4S/c1-12(6-7-18(2,16)17)9-5-3-4-8(11)10(9)13(14)15/h3-5H,6-7H2,1-2H3. The summed E-state index contributed by atoms with van der Waals surface area (Å²) in [5.74, 6) is -1.10. The SMILES string of the molecule is CN(CCS(C)(=O)=O)c1cccc(F)c1[N+](=O)[O-]. The van der Waals surface area contributed by atoms with E-state index >= 15 is 0 Å². The lowest BCUT2D eigenvalue weighted by Gasteiger charge is -2.18. The molecule has 0 amide bonds. The Bertz CT molecular complexity index is 559. The zero-order valence-corrected chi connectivity index (χ0v) is 10.8. The minimum absolute atomic E-state index is 0.0587. The molecule has 0 heterocycles. The molecule has 18 heavy (non-hydrogen) atoms. The molecule has 100 valence electrons. The fourth-order valence-electron chi connectivity index (χ4n) is 1.42. The zero-order chi connectivity index (χ0) is 13.9. The van der Waals surface area contributed by atoms with E-state index in [4.69, 9.17) is 0 Å². The average molecular weight is 276 g/mol. The number of sulfone groups is 1. The molecule has 1 aromatic rings. The molecule has 0 unspecified atom stereocenters. The van der Waals surface area contributed by atoms with Crippen LogP contribution in [0.15, 0.2) is 18.2 Å². The van der Waals surface area contributed by atoms with Crippen LogP contribution < -0.4 is 4.90 Å². The highest BCUT2D eigenvalue weighted by Crippen LogP contribution is 2.29. The van der Waals surface area contributed by atoms with Crippen LogP contribution in [0.5, 0.6) is 0 Å². The minimum Gasteiger partial charge on any atom is -0.368 e. The van der Waals surface area contributed by atoms with Gasteiger partial charge in [0.1, 0.15) is 15.5 Å². The van der Waals surface area contributed by atoms with Gasteiger partial charge in [0, 0.05) is 19.8 Å². The van der Waals surface area contributed by atoms with Gasteiger partial charge in [-0.25, -0.2) is 8.42 Å². The normalized spacial score (nSPS) is 11.3. The highest BCUT2D eigenvalue weighted by Gasteiger charge is 2.22. The Balaban J connectivity index is 3.02. The van der Waals surface area contributed by atoms with E-state index < -0.39 is 26.3 Å². The average Bonchev–Trinajstić information content (AvgIpc) is 2.24. The maximum Gasteiger partial charge on any atom is 0.327 e. The Morgan fingerprint density at radius 2 is 2.06 bits per heavy atom. The molecule has 6 nitrogen and oxygen atoms in total. The van der Waals surface area contributed by atoms with Gasteiger partial charge < -0.3 is 4.90 Å². The van der Waals surface area contributed by atoms with E-state index in [2.05, 4.69) is 0 Å². The van der Waals surface area contributed by atoms with Crippen molar-refractivity contribution in [3.05, 3.63) is 34.1 Å². The molecule has 0 radical (unpaired) electrons. The van der Waals surface area contributed by atoms with Gasteiger partial charge in [-0.3, -0.25) is 10.1 Å². The van der Waals surface area contributed by atoms with Crippen LogP contribution in [0.4, 0.5) is 15.8 Å². The topological polar surface area (TPSA) is 80.5 Å². The molecule has 0 aliphatic rings. The van der Waals surface area contributed by atoms with Gasteiger partial charge in [-0.2, -0.15) is 4.39 Å². The molecule has 0 saturated heterocycles. The summed E-state index contributed by atoms with van der Waals surface area (Å²) in [6, 6.07) is 3.71. The molecular formula is C10H13FN2O4S. The molecule has 0 N–H and O–H groups in total. The summed E-state index contributed by atoms with van der Waals surface area (Å²) in [6.45, 7) is 0.0587. The summed E-state index contributed by atoms with van der Waals surface area (Å²) >= 11 is 0. The van der Waals surface area contributed by atoms with Crippen LogP contribution in [0, 0.1) is 15.9 Å². The van der Waals surface area contributed by atoms with Crippen molar-refractivity contribution in [1.29, 1.82) is 0 Å². The third-order valence-electron chi connectivity index (χ3n) is 2.36. The molecule has 0 aliphatic heterocycles. The molecule has 0 aromatic heterocycles. The lowest BCUT2D eigenvalue weighted by molar-refractivity contribution is -0.386. The second kappa shape index (κ2) is 5.30. The van der Waals surface area contributed by atoms with Crippen molar-refractivity contribution < 1.29 is 17.7 Å². The van der Waals surface area contributed by atoms with Crippen LogP contribution in [0.3, 0.4) is 0 Å². The maximum absolute atomic E-state index is 13.3. The van der Waals surface area contributed by atoms with E-state index in [0.717, 1.165) is 12.3 Å². The van der Waals surface area contributed by atoms with Crippen molar-refractivity contribution in [2.75, 3.05) is 30.5 Å². The highest BCUT2D eigenvalue weighted by molar-refractivity contribution is 7.90. The van der Waals surface area contributed by atoms with Crippen molar-refractivity contribution in [3.8, 4) is 0 Å². The molecule has 0 fully saturated rings. The number of hydrogen-bond acceptors (Lipinski definition) is 5. The van der Waals surface area contributed by atoms with E-state index in [9.17, 15) is 22.9 Å². The number of anilines is 1. The smallest absolute Gasteiger partial charge is 0.327 e. The Kier molecular flexibility index (Phi) is 4.23. The van der Waals surface area contributed by atoms with Crippen LogP contribution in [-0.4, -0.2) is 38.9 Å². The summed E-state index contributed by atoms with van der Waals surface area (Å²) in [6.07, 6.45) is 1.07. The third-order valence-corrected chi connectivity index (χ3v) is 3.28. The van der Waals surface area contributed by atoms with E-state index in [1.165, 1.54) is 24.1 Å². The molecule has 0 aliphatic carbocycles. The number of para-hydroxylation sites is 1. The van der Waals surface area contributed by atoms with Crippen LogP contribution in [-0.2, 0) is 9.84 Å². The lowest BCUT2D eigenvalue weighted by Crippen LogP contribution is -2.25. The maximum atomic E-state index is 13.3. The van der Waals surface area contributed by atoms with Gasteiger partial charge in [-0.1, -0.05) is 6.07 Å². The molecule has 0 bridgehead atoms.